The summed E-state index contributed by atoms with van der Waals surface area (Å²) in [5.74, 6) is 0.858. The van der Waals surface area contributed by atoms with E-state index < -0.39 is 6.10 Å². The van der Waals surface area contributed by atoms with Crippen LogP contribution in [0.4, 0.5) is 0 Å². The van der Waals surface area contributed by atoms with Crippen molar-refractivity contribution in [1.29, 1.82) is 0 Å². The molecule has 68 heavy (non-hydrogen) atoms. The maximum Gasteiger partial charge on any atom is 0.306 e. The zero-order chi connectivity index (χ0) is 49.6. The summed E-state index contributed by atoms with van der Waals surface area (Å²) in [7, 11) is 0. The van der Waals surface area contributed by atoms with E-state index in [0.29, 0.717) is 19.3 Å². The van der Waals surface area contributed by atoms with Gasteiger partial charge in [-0.15, -0.1) is 0 Å². The molecule has 404 valence electrons. The molecule has 0 rings (SSSR count). The first kappa shape index (κ1) is 66.4. The van der Waals surface area contributed by atoms with Crippen molar-refractivity contribution in [2.75, 3.05) is 13.2 Å². The Bertz CT molecular complexity index is 1040. The number of rotatable bonds is 56. The smallest absolute Gasteiger partial charge is 0.306 e. The van der Waals surface area contributed by atoms with Crippen LogP contribution in [0.5, 0.6) is 0 Å². The Balaban J connectivity index is 4.25. The second-order valence-electron chi connectivity index (χ2n) is 22.3. The normalized spacial score (nSPS) is 12.0. The van der Waals surface area contributed by atoms with Crippen LogP contribution in [-0.2, 0) is 28.6 Å². The minimum Gasteiger partial charge on any atom is -0.462 e. The van der Waals surface area contributed by atoms with Gasteiger partial charge in [-0.25, -0.2) is 0 Å². The van der Waals surface area contributed by atoms with Crippen LogP contribution in [0.1, 0.15) is 349 Å². The van der Waals surface area contributed by atoms with E-state index >= 15 is 0 Å². The van der Waals surface area contributed by atoms with E-state index in [1.165, 1.54) is 238 Å². The molecule has 0 amide bonds. The number of unbranched alkanes of at least 4 members (excludes halogenated alkanes) is 41. The summed E-state index contributed by atoms with van der Waals surface area (Å²) >= 11 is 0. The van der Waals surface area contributed by atoms with E-state index in [9.17, 15) is 14.4 Å². The van der Waals surface area contributed by atoms with E-state index in [1.807, 2.05) is 0 Å². The molecule has 0 aromatic carbocycles. The van der Waals surface area contributed by atoms with Crippen molar-refractivity contribution in [2.45, 2.75) is 355 Å². The van der Waals surface area contributed by atoms with Crippen LogP contribution in [0.15, 0.2) is 0 Å². The zero-order valence-corrected chi connectivity index (χ0v) is 46.7. The summed E-state index contributed by atoms with van der Waals surface area (Å²) in [4.78, 5) is 38.2. The topological polar surface area (TPSA) is 78.9 Å². The average molecular weight is 962 g/mol. The first-order valence-electron chi connectivity index (χ1n) is 30.7. The van der Waals surface area contributed by atoms with Crippen molar-refractivity contribution in [2.24, 2.45) is 11.8 Å². The molecule has 0 saturated heterocycles. The molecule has 1 atom stereocenters. The first-order chi connectivity index (χ1) is 33.2. The second kappa shape index (κ2) is 54.7. The molecule has 0 saturated carbocycles. The summed E-state index contributed by atoms with van der Waals surface area (Å²) in [5.41, 5.74) is 0. The van der Waals surface area contributed by atoms with Gasteiger partial charge in [0.2, 0.25) is 0 Å². The fourth-order valence-corrected chi connectivity index (χ4v) is 9.58. The Hall–Kier alpha value is -1.59. The SMILES string of the molecule is CCCCCCCCCCCCCCCCC(=O)O[C@H](COC(=O)CCCCCCCCCCCCCCCCCCCCC(C)C)COC(=O)CCCCCCCCCCCCCCC(C)C. The van der Waals surface area contributed by atoms with E-state index in [0.717, 1.165) is 69.6 Å². The summed E-state index contributed by atoms with van der Waals surface area (Å²) in [6.07, 6.45) is 59.6. The molecule has 0 radical (unpaired) electrons. The molecule has 0 N–H and O–H groups in total. The second-order valence-corrected chi connectivity index (χ2v) is 22.3. The Labute approximate surface area is 425 Å². The molecule has 0 aliphatic heterocycles. The van der Waals surface area contributed by atoms with Crippen LogP contribution >= 0.6 is 0 Å². The van der Waals surface area contributed by atoms with Crippen molar-refractivity contribution >= 4 is 17.9 Å². The van der Waals surface area contributed by atoms with E-state index in [2.05, 4.69) is 34.6 Å². The third-order valence-electron chi connectivity index (χ3n) is 14.2. The van der Waals surface area contributed by atoms with Gasteiger partial charge in [-0.05, 0) is 31.1 Å². The van der Waals surface area contributed by atoms with Crippen molar-refractivity contribution in [1.82, 2.24) is 0 Å². The van der Waals surface area contributed by atoms with Gasteiger partial charge in [-0.2, -0.15) is 0 Å². The lowest BCUT2D eigenvalue weighted by Crippen LogP contribution is -2.30. The van der Waals surface area contributed by atoms with Gasteiger partial charge < -0.3 is 14.2 Å². The quantitative estimate of drug-likeness (QED) is 0.0343. The predicted octanol–water partition coefficient (Wildman–Crippen LogP) is 20.4. The fourth-order valence-electron chi connectivity index (χ4n) is 9.58. The molecule has 0 aliphatic rings. The van der Waals surface area contributed by atoms with Gasteiger partial charge in [-0.1, -0.05) is 311 Å². The molecule has 6 nitrogen and oxygen atoms in total. The van der Waals surface area contributed by atoms with Crippen molar-refractivity contribution in [3.05, 3.63) is 0 Å². The predicted molar refractivity (Wildman–Crippen MR) is 293 cm³/mol. The highest BCUT2D eigenvalue weighted by Crippen LogP contribution is 2.19. The number of hydrogen-bond donors (Lipinski definition) is 0. The summed E-state index contributed by atoms with van der Waals surface area (Å²) in [5, 5.41) is 0. The van der Waals surface area contributed by atoms with Gasteiger partial charge in [0.15, 0.2) is 6.10 Å². The Morgan fingerprint density at radius 2 is 0.485 bits per heavy atom. The van der Waals surface area contributed by atoms with Crippen LogP contribution in [0, 0.1) is 11.8 Å². The van der Waals surface area contributed by atoms with E-state index in [4.69, 9.17) is 14.2 Å². The molecule has 0 aromatic heterocycles. The third-order valence-corrected chi connectivity index (χ3v) is 14.2. The van der Waals surface area contributed by atoms with Crippen molar-refractivity contribution in [3.63, 3.8) is 0 Å². The third kappa shape index (κ3) is 55.3. The highest BCUT2D eigenvalue weighted by atomic mass is 16.6. The number of hydrogen-bond acceptors (Lipinski definition) is 6. The molecule has 6 heteroatoms. The molecule has 0 aliphatic carbocycles. The summed E-state index contributed by atoms with van der Waals surface area (Å²) in [6, 6.07) is 0. The molecule has 0 unspecified atom stereocenters. The number of carbonyl (C=O) groups excluding carboxylic acids is 3. The van der Waals surface area contributed by atoms with Crippen molar-refractivity contribution < 1.29 is 28.6 Å². The highest BCUT2D eigenvalue weighted by molar-refractivity contribution is 5.71. The van der Waals surface area contributed by atoms with Crippen LogP contribution in [0.25, 0.3) is 0 Å². The minimum atomic E-state index is -0.763. The largest absolute Gasteiger partial charge is 0.462 e. The van der Waals surface area contributed by atoms with E-state index in [-0.39, 0.29) is 31.1 Å². The monoisotopic (exact) mass is 961 g/mol. The Morgan fingerprint density at radius 1 is 0.279 bits per heavy atom. The van der Waals surface area contributed by atoms with Crippen LogP contribution in [0.3, 0.4) is 0 Å². The van der Waals surface area contributed by atoms with Gasteiger partial charge in [0, 0.05) is 19.3 Å². The molecule has 0 aromatic rings. The molecule has 0 spiro atoms. The van der Waals surface area contributed by atoms with Crippen LogP contribution in [-0.4, -0.2) is 37.2 Å². The standard InChI is InChI=1S/C62H120O6/c1-6-7-8-9-10-11-12-13-21-29-34-39-44-49-54-62(65)68-59(56-67-61(64)53-48-43-38-33-28-24-23-26-31-36-41-46-51-58(4)5)55-66-60(63)52-47-42-37-32-27-22-19-17-15-14-16-18-20-25-30-35-40-45-50-57(2)3/h57-59H,6-56H2,1-5H3/t59-/m1/s1. The lowest BCUT2D eigenvalue weighted by Gasteiger charge is -2.18. The highest BCUT2D eigenvalue weighted by Gasteiger charge is 2.19. The zero-order valence-electron chi connectivity index (χ0n) is 46.7. The summed E-state index contributed by atoms with van der Waals surface area (Å²) < 4.78 is 16.9. The minimum absolute atomic E-state index is 0.0621. The molecule has 0 fully saturated rings. The van der Waals surface area contributed by atoms with Crippen LogP contribution < -0.4 is 0 Å². The maximum atomic E-state index is 12.9. The maximum absolute atomic E-state index is 12.9. The van der Waals surface area contributed by atoms with Gasteiger partial charge >= 0.3 is 17.9 Å². The van der Waals surface area contributed by atoms with Gasteiger partial charge in [0.05, 0.1) is 0 Å². The van der Waals surface area contributed by atoms with Crippen LogP contribution in [0.2, 0.25) is 0 Å². The van der Waals surface area contributed by atoms with Gasteiger partial charge in [0.25, 0.3) is 0 Å². The van der Waals surface area contributed by atoms with Crippen molar-refractivity contribution in [3.8, 4) is 0 Å². The molecular formula is C62H120O6. The Kier molecular flexibility index (Phi) is 53.5. The average Bonchev–Trinajstić information content (AvgIpc) is 3.31. The molecule has 0 heterocycles. The van der Waals surface area contributed by atoms with E-state index in [1.54, 1.807) is 0 Å². The molecular weight excluding hydrogens is 841 g/mol. The number of carbonyl (C=O) groups is 3. The number of ether oxygens (including phenoxy) is 3. The fraction of sp³-hybridized carbons (Fsp3) is 0.952. The molecule has 0 bridgehead atoms. The lowest BCUT2D eigenvalue weighted by molar-refractivity contribution is -0.167. The van der Waals surface area contributed by atoms with Gasteiger partial charge in [-0.3, -0.25) is 14.4 Å². The number of esters is 3. The summed E-state index contributed by atoms with van der Waals surface area (Å²) in [6.45, 7) is 11.4. The Morgan fingerprint density at radius 3 is 0.721 bits per heavy atom. The van der Waals surface area contributed by atoms with Gasteiger partial charge in [0.1, 0.15) is 13.2 Å². The first-order valence-corrected chi connectivity index (χ1v) is 30.7. The lowest BCUT2D eigenvalue weighted by atomic mass is 10.0.